The van der Waals surface area contributed by atoms with Crippen molar-refractivity contribution in [3.8, 4) is 17.2 Å². The molecular weight excluding hydrogens is 478 g/mol. The molecule has 1 aromatic carbocycles. The topological polar surface area (TPSA) is 122 Å². The second-order valence-corrected chi connectivity index (χ2v) is 10.0. The van der Waals surface area contributed by atoms with Gasteiger partial charge in [-0.05, 0) is 48.3 Å². The van der Waals surface area contributed by atoms with Crippen molar-refractivity contribution < 1.29 is 24.2 Å². The number of ketones is 2. The van der Waals surface area contributed by atoms with Crippen molar-refractivity contribution in [2.45, 2.75) is 32.9 Å². The average Bonchev–Trinajstić information content (AvgIpc) is 3.10. The molecule has 2 aromatic rings. The third-order valence-corrected chi connectivity index (χ3v) is 8.19. The number of carbonyl (C=O) groups is 2. The fraction of sp³-hybridized carbons (Fsp3) is 0.407. The highest BCUT2D eigenvalue weighted by Crippen LogP contribution is 2.56. The third-order valence-electron chi connectivity index (χ3n) is 8.19. The van der Waals surface area contributed by atoms with Crippen LogP contribution in [0.15, 0.2) is 51.1 Å². The zero-order chi connectivity index (χ0) is 26.8. The average molecular weight is 508 g/mol. The van der Waals surface area contributed by atoms with Gasteiger partial charge in [-0.2, -0.15) is 0 Å². The van der Waals surface area contributed by atoms with E-state index in [4.69, 9.17) is 9.47 Å². The van der Waals surface area contributed by atoms with Crippen LogP contribution in [0, 0.1) is 17.3 Å². The van der Waals surface area contributed by atoms with E-state index in [1.807, 2.05) is 12.2 Å². The summed E-state index contributed by atoms with van der Waals surface area (Å²) in [6, 6.07) is 2.73. The van der Waals surface area contributed by atoms with Gasteiger partial charge in [0.2, 0.25) is 5.75 Å². The Kier molecular flexibility index (Phi) is 5.65. The number of hydrogen-bond acceptors (Lipinski definition) is 7. The number of carbonyl (C=O) groups excluding carboxylic acids is 2. The summed E-state index contributed by atoms with van der Waals surface area (Å²) >= 11 is 0. The molecule has 2 heterocycles. The molecular formula is C27H29N3O7. The highest BCUT2D eigenvalue weighted by molar-refractivity contribution is 6.12. The van der Waals surface area contributed by atoms with Gasteiger partial charge in [0.05, 0.1) is 32.2 Å². The molecule has 1 N–H and O–H groups in total. The van der Waals surface area contributed by atoms with E-state index in [9.17, 15) is 24.3 Å². The van der Waals surface area contributed by atoms with Crippen LogP contribution in [0.2, 0.25) is 0 Å². The summed E-state index contributed by atoms with van der Waals surface area (Å²) in [6.07, 6.45) is 7.20. The smallest absolute Gasteiger partial charge is 0.347 e. The van der Waals surface area contributed by atoms with E-state index in [0.29, 0.717) is 11.1 Å². The molecule has 1 saturated carbocycles. The third kappa shape index (κ3) is 3.38. The summed E-state index contributed by atoms with van der Waals surface area (Å²) in [6.45, 7) is 3.63. The zero-order valence-corrected chi connectivity index (χ0v) is 21.3. The summed E-state index contributed by atoms with van der Waals surface area (Å²) < 4.78 is 14.4. The summed E-state index contributed by atoms with van der Waals surface area (Å²) in [7, 11) is 4.30. The number of aromatic nitrogens is 3. The van der Waals surface area contributed by atoms with E-state index in [0.717, 1.165) is 10.1 Å². The molecule has 0 spiro atoms. The van der Waals surface area contributed by atoms with Crippen molar-refractivity contribution in [3.63, 3.8) is 0 Å². The second kappa shape index (κ2) is 8.50. The molecule has 10 heteroatoms. The lowest BCUT2D eigenvalue weighted by atomic mass is 9.52. The molecule has 194 valence electrons. The van der Waals surface area contributed by atoms with Gasteiger partial charge in [0.15, 0.2) is 23.1 Å². The predicted molar refractivity (Wildman–Crippen MR) is 135 cm³/mol. The monoisotopic (exact) mass is 507 g/mol. The number of Topliss-reactive ketones (excluding diaryl/α,β-unsaturated/α-hetero) is 1. The normalized spacial score (nSPS) is 26.8. The first-order chi connectivity index (χ1) is 17.5. The lowest BCUT2D eigenvalue weighted by Crippen LogP contribution is -2.55. The summed E-state index contributed by atoms with van der Waals surface area (Å²) in [5, 5.41) is 10.3. The number of rotatable bonds is 4. The largest absolute Gasteiger partial charge is 0.502 e. The van der Waals surface area contributed by atoms with Crippen LogP contribution >= 0.6 is 0 Å². The van der Waals surface area contributed by atoms with Crippen molar-refractivity contribution in [2.24, 2.45) is 24.3 Å². The molecule has 37 heavy (non-hydrogen) atoms. The zero-order valence-electron chi connectivity index (χ0n) is 21.3. The number of aromatic hydroxyl groups is 1. The minimum absolute atomic E-state index is 0.128. The number of fused-ring (bicyclic) bond motifs is 4. The number of allylic oxidation sites excluding steroid dienone is 5. The van der Waals surface area contributed by atoms with Crippen molar-refractivity contribution in [1.29, 1.82) is 0 Å². The van der Waals surface area contributed by atoms with Gasteiger partial charge in [0.25, 0.3) is 0 Å². The van der Waals surface area contributed by atoms with E-state index >= 15 is 0 Å². The number of nitrogens with zero attached hydrogens (tertiary/aromatic N) is 3. The minimum atomic E-state index is -1.07. The molecule has 0 amide bonds. The Hall–Kier alpha value is -4.08. The van der Waals surface area contributed by atoms with Gasteiger partial charge in [0, 0.05) is 18.9 Å². The molecule has 5 rings (SSSR count). The number of phenolic OH excluding ortho intramolecular Hbond substituents is 1. The molecule has 0 saturated heterocycles. The van der Waals surface area contributed by atoms with Gasteiger partial charge in [-0.3, -0.25) is 9.59 Å². The molecule has 2 aliphatic carbocycles. The van der Waals surface area contributed by atoms with Crippen LogP contribution in [0.4, 0.5) is 0 Å². The number of benzene rings is 1. The van der Waals surface area contributed by atoms with Crippen molar-refractivity contribution >= 4 is 17.6 Å². The number of methoxy groups -OCH3 is 2. The Morgan fingerprint density at radius 1 is 1.08 bits per heavy atom. The highest BCUT2D eigenvalue weighted by Gasteiger charge is 2.58. The van der Waals surface area contributed by atoms with Gasteiger partial charge >= 0.3 is 11.4 Å². The van der Waals surface area contributed by atoms with Crippen LogP contribution in [0.1, 0.15) is 31.9 Å². The summed E-state index contributed by atoms with van der Waals surface area (Å²) in [5.41, 5.74) is -0.0894. The van der Waals surface area contributed by atoms with Crippen LogP contribution in [-0.4, -0.2) is 44.8 Å². The standard InChI is InChI=1S/C27H29N3O7/c1-14-10-22(31)27(2)17(7-6-15-11-20(36-4)24(33)21(12-15)37-5)16-8-9-29-25(34)28(3)26(35)30(29)19(16)13-18(27)23(14)32/h6-8,10-12,17-19,33H,9,13H2,1-5H3/t17-,18-,19+,27-/m0/s1. The van der Waals surface area contributed by atoms with Crippen LogP contribution < -0.4 is 20.9 Å². The molecule has 3 aliphatic rings. The Morgan fingerprint density at radius 2 is 1.73 bits per heavy atom. The first kappa shape index (κ1) is 24.6. The van der Waals surface area contributed by atoms with Crippen molar-refractivity contribution in [3.05, 3.63) is 68.0 Å². The first-order valence-corrected chi connectivity index (χ1v) is 12.0. The van der Waals surface area contributed by atoms with Gasteiger partial charge in [-0.1, -0.05) is 25.2 Å². The van der Waals surface area contributed by atoms with Gasteiger partial charge in [-0.15, -0.1) is 0 Å². The molecule has 0 radical (unpaired) electrons. The van der Waals surface area contributed by atoms with Crippen LogP contribution in [0.25, 0.3) is 6.08 Å². The van der Waals surface area contributed by atoms with E-state index < -0.39 is 34.7 Å². The lowest BCUT2D eigenvalue weighted by molar-refractivity contribution is -0.140. The maximum Gasteiger partial charge on any atom is 0.347 e. The SMILES string of the molecule is COc1cc(C=C[C@H]2C3=CCn4c(=O)n(C)c(=O)n4[C@@H]3C[C@H]3C(=O)C(C)=CC(=O)[C@@]23C)cc(OC)c1O. The number of phenols is 1. The molecule has 0 unspecified atom stereocenters. The summed E-state index contributed by atoms with van der Waals surface area (Å²) in [5.74, 6) is -1.15. The summed E-state index contributed by atoms with van der Waals surface area (Å²) in [4.78, 5) is 52.6. The fourth-order valence-electron chi connectivity index (χ4n) is 6.07. The van der Waals surface area contributed by atoms with Gasteiger partial charge in [-0.25, -0.2) is 23.5 Å². The van der Waals surface area contributed by atoms with E-state index in [1.165, 1.54) is 36.7 Å². The van der Waals surface area contributed by atoms with Crippen LogP contribution in [0.3, 0.4) is 0 Å². The Morgan fingerprint density at radius 3 is 2.35 bits per heavy atom. The van der Waals surface area contributed by atoms with E-state index in [2.05, 4.69) is 0 Å². The predicted octanol–water partition coefficient (Wildman–Crippen LogP) is 2.01. The quantitative estimate of drug-likeness (QED) is 0.628. The maximum atomic E-state index is 13.5. The van der Waals surface area contributed by atoms with Gasteiger partial charge < -0.3 is 14.6 Å². The minimum Gasteiger partial charge on any atom is -0.502 e. The second-order valence-electron chi connectivity index (χ2n) is 10.0. The molecule has 0 bridgehead atoms. The van der Waals surface area contributed by atoms with Crippen molar-refractivity contribution in [1.82, 2.24) is 13.9 Å². The number of hydrogen-bond donors (Lipinski definition) is 1. The fourth-order valence-corrected chi connectivity index (χ4v) is 6.07. The Labute approximate surface area is 212 Å². The molecule has 1 aromatic heterocycles. The van der Waals surface area contributed by atoms with E-state index in [1.54, 1.807) is 32.1 Å². The molecule has 10 nitrogen and oxygen atoms in total. The van der Waals surface area contributed by atoms with Crippen LogP contribution in [0.5, 0.6) is 17.2 Å². The molecule has 1 fully saturated rings. The van der Waals surface area contributed by atoms with Crippen molar-refractivity contribution in [2.75, 3.05) is 14.2 Å². The highest BCUT2D eigenvalue weighted by atomic mass is 16.5. The van der Waals surface area contributed by atoms with Gasteiger partial charge in [0.1, 0.15) is 0 Å². The number of ether oxygens (including phenoxy) is 2. The van der Waals surface area contributed by atoms with Crippen LogP contribution in [-0.2, 0) is 23.2 Å². The molecule has 4 atom stereocenters. The molecule has 1 aliphatic heterocycles. The maximum absolute atomic E-state index is 13.5. The first-order valence-electron chi connectivity index (χ1n) is 12.0. The Balaban J connectivity index is 1.69. The lowest BCUT2D eigenvalue weighted by Gasteiger charge is -2.51. The Bertz CT molecular complexity index is 1530. The van der Waals surface area contributed by atoms with E-state index in [-0.39, 0.29) is 41.8 Å².